The number of fused-ring (bicyclic) bond motifs is 1. The highest BCUT2D eigenvalue weighted by Gasteiger charge is 2.18. The summed E-state index contributed by atoms with van der Waals surface area (Å²) in [5.41, 5.74) is 0.332. The number of ether oxygens (including phenoxy) is 3. The van der Waals surface area contributed by atoms with Gasteiger partial charge in [-0.05, 0) is 30.3 Å². The third kappa shape index (κ3) is 3.17. The van der Waals surface area contributed by atoms with Gasteiger partial charge in [0, 0.05) is 17.7 Å². The van der Waals surface area contributed by atoms with Crippen molar-refractivity contribution >= 4 is 17.4 Å². The van der Waals surface area contributed by atoms with Crippen LogP contribution in [0.2, 0.25) is 0 Å². The summed E-state index contributed by atoms with van der Waals surface area (Å²) in [7, 11) is 0. The summed E-state index contributed by atoms with van der Waals surface area (Å²) in [4.78, 5) is 33.9. The minimum Gasteiger partial charge on any atom is -0.454 e. The van der Waals surface area contributed by atoms with Crippen molar-refractivity contribution in [3.8, 4) is 11.5 Å². The number of carbonyl (C=O) groups is 2. The molecular weight excluding hydrogens is 318 g/mol. The van der Waals surface area contributed by atoms with Crippen LogP contribution in [0.5, 0.6) is 11.5 Å². The molecule has 0 atom stereocenters. The molecule has 8 heteroatoms. The molecule has 0 amide bonds. The van der Waals surface area contributed by atoms with Crippen molar-refractivity contribution in [2.45, 2.75) is 0 Å². The summed E-state index contributed by atoms with van der Waals surface area (Å²) in [6.07, 6.45) is 0. The molecule has 1 aliphatic heterocycles. The lowest BCUT2D eigenvalue weighted by Crippen LogP contribution is -2.14. The Morgan fingerprint density at radius 3 is 2.42 bits per heavy atom. The first-order valence-corrected chi connectivity index (χ1v) is 6.89. The number of nitro groups is 1. The van der Waals surface area contributed by atoms with Gasteiger partial charge in [-0.1, -0.05) is 0 Å². The van der Waals surface area contributed by atoms with E-state index in [0.717, 1.165) is 0 Å². The Kier molecular flexibility index (Phi) is 4.11. The van der Waals surface area contributed by atoms with Crippen molar-refractivity contribution < 1.29 is 28.7 Å². The van der Waals surface area contributed by atoms with Gasteiger partial charge in [0.2, 0.25) is 6.79 Å². The van der Waals surface area contributed by atoms with E-state index in [1.807, 2.05) is 0 Å². The maximum absolute atomic E-state index is 12.0. The van der Waals surface area contributed by atoms with E-state index in [0.29, 0.717) is 11.5 Å². The van der Waals surface area contributed by atoms with E-state index < -0.39 is 23.3 Å². The first-order valence-electron chi connectivity index (χ1n) is 6.89. The number of nitrogens with zero attached hydrogens (tertiary/aromatic N) is 1. The van der Waals surface area contributed by atoms with E-state index in [9.17, 15) is 19.7 Å². The summed E-state index contributed by atoms with van der Waals surface area (Å²) in [6.45, 7) is -0.377. The molecule has 8 nitrogen and oxygen atoms in total. The lowest BCUT2D eigenvalue weighted by atomic mass is 10.1. The van der Waals surface area contributed by atoms with Crippen LogP contribution in [-0.4, -0.2) is 30.1 Å². The fraction of sp³-hybridized carbons (Fsp3) is 0.125. The number of rotatable bonds is 5. The molecule has 24 heavy (non-hydrogen) atoms. The van der Waals surface area contributed by atoms with Crippen molar-refractivity contribution in [1.82, 2.24) is 0 Å². The van der Waals surface area contributed by atoms with E-state index in [1.54, 1.807) is 6.07 Å². The highest BCUT2D eigenvalue weighted by atomic mass is 16.7. The second-order valence-corrected chi connectivity index (χ2v) is 4.87. The maximum atomic E-state index is 12.0. The standard InChI is InChI=1S/C16H11NO7/c18-13(10-1-4-12(5-2-10)17(20)21)8-22-16(19)11-3-6-14-15(7-11)24-9-23-14/h1-7H,8-9H2. The van der Waals surface area contributed by atoms with Crippen LogP contribution in [-0.2, 0) is 4.74 Å². The molecule has 1 heterocycles. The van der Waals surface area contributed by atoms with Crippen molar-refractivity contribution in [2.75, 3.05) is 13.4 Å². The SMILES string of the molecule is O=C(COC(=O)c1ccc2c(c1)OCO2)c1ccc([N+](=O)[O-])cc1. The van der Waals surface area contributed by atoms with Gasteiger partial charge in [-0.15, -0.1) is 0 Å². The number of esters is 1. The van der Waals surface area contributed by atoms with E-state index in [4.69, 9.17) is 14.2 Å². The number of Topliss-reactive ketones (excluding diaryl/α,β-unsaturated/α-hetero) is 1. The molecule has 0 aliphatic carbocycles. The third-order valence-electron chi connectivity index (χ3n) is 3.34. The van der Waals surface area contributed by atoms with Crippen LogP contribution in [0.15, 0.2) is 42.5 Å². The molecule has 3 rings (SSSR count). The van der Waals surface area contributed by atoms with Crippen LogP contribution < -0.4 is 9.47 Å². The fourth-order valence-electron chi connectivity index (χ4n) is 2.09. The molecule has 0 fully saturated rings. The first-order chi connectivity index (χ1) is 11.5. The number of benzene rings is 2. The lowest BCUT2D eigenvalue weighted by molar-refractivity contribution is -0.384. The van der Waals surface area contributed by atoms with Crippen LogP contribution in [0.3, 0.4) is 0 Å². The Bertz CT molecular complexity index is 814. The van der Waals surface area contributed by atoms with Crippen molar-refractivity contribution in [3.63, 3.8) is 0 Å². The number of non-ortho nitro benzene ring substituents is 1. The van der Waals surface area contributed by atoms with E-state index in [-0.39, 0.29) is 23.6 Å². The molecular formula is C16H11NO7. The Morgan fingerprint density at radius 2 is 1.71 bits per heavy atom. The number of hydrogen-bond donors (Lipinski definition) is 0. The molecule has 0 radical (unpaired) electrons. The average Bonchev–Trinajstić information content (AvgIpc) is 3.07. The lowest BCUT2D eigenvalue weighted by Gasteiger charge is -2.05. The molecule has 0 aromatic heterocycles. The molecule has 0 saturated carbocycles. The molecule has 0 unspecified atom stereocenters. The molecule has 0 bridgehead atoms. The fourth-order valence-corrected chi connectivity index (χ4v) is 2.09. The summed E-state index contributed by atoms with van der Waals surface area (Å²) in [6, 6.07) is 9.62. The Morgan fingerprint density at radius 1 is 1.04 bits per heavy atom. The van der Waals surface area contributed by atoms with Gasteiger partial charge in [-0.2, -0.15) is 0 Å². The van der Waals surface area contributed by atoms with Gasteiger partial charge in [0.05, 0.1) is 10.5 Å². The summed E-state index contributed by atoms with van der Waals surface area (Å²) in [5.74, 6) is -0.165. The predicted molar refractivity (Wildman–Crippen MR) is 80.3 cm³/mol. The number of carbonyl (C=O) groups excluding carboxylic acids is 2. The summed E-state index contributed by atoms with van der Waals surface area (Å²) >= 11 is 0. The number of nitro benzene ring substituents is 1. The molecule has 0 saturated heterocycles. The third-order valence-corrected chi connectivity index (χ3v) is 3.34. The smallest absolute Gasteiger partial charge is 0.338 e. The zero-order valence-corrected chi connectivity index (χ0v) is 12.3. The van der Waals surface area contributed by atoms with Gasteiger partial charge >= 0.3 is 5.97 Å². The molecule has 0 spiro atoms. The molecule has 2 aromatic carbocycles. The van der Waals surface area contributed by atoms with Crippen molar-refractivity contribution in [2.24, 2.45) is 0 Å². The van der Waals surface area contributed by atoms with E-state index >= 15 is 0 Å². The molecule has 0 N–H and O–H groups in total. The van der Waals surface area contributed by atoms with Crippen molar-refractivity contribution in [3.05, 3.63) is 63.7 Å². The number of hydrogen-bond acceptors (Lipinski definition) is 7. The van der Waals surface area contributed by atoms with Gasteiger partial charge in [-0.25, -0.2) is 4.79 Å². The number of ketones is 1. The zero-order chi connectivity index (χ0) is 17.1. The van der Waals surface area contributed by atoms with Gasteiger partial charge in [-0.3, -0.25) is 14.9 Å². The Labute approximate surface area is 135 Å². The predicted octanol–water partition coefficient (Wildman–Crippen LogP) is 2.36. The Hall–Kier alpha value is -3.42. The summed E-state index contributed by atoms with van der Waals surface area (Å²) in [5, 5.41) is 10.6. The maximum Gasteiger partial charge on any atom is 0.338 e. The van der Waals surface area contributed by atoms with Crippen LogP contribution in [0.25, 0.3) is 0 Å². The topological polar surface area (TPSA) is 105 Å². The summed E-state index contributed by atoms with van der Waals surface area (Å²) < 4.78 is 15.3. The van der Waals surface area contributed by atoms with Gasteiger partial charge in [0.25, 0.3) is 5.69 Å². The van der Waals surface area contributed by atoms with E-state index in [1.165, 1.54) is 36.4 Å². The molecule has 2 aromatic rings. The minimum absolute atomic E-state index is 0.0897. The van der Waals surface area contributed by atoms with Gasteiger partial charge < -0.3 is 14.2 Å². The zero-order valence-electron chi connectivity index (χ0n) is 12.3. The second kappa shape index (κ2) is 6.37. The monoisotopic (exact) mass is 329 g/mol. The minimum atomic E-state index is -0.677. The van der Waals surface area contributed by atoms with E-state index in [2.05, 4.69) is 0 Å². The highest BCUT2D eigenvalue weighted by molar-refractivity contribution is 5.99. The molecule has 122 valence electrons. The molecule has 1 aliphatic rings. The van der Waals surface area contributed by atoms with Gasteiger partial charge in [0.15, 0.2) is 23.9 Å². The average molecular weight is 329 g/mol. The second-order valence-electron chi connectivity index (χ2n) is 4.87. The Balaban J connectivity index is 1.61. The quantitative estimate of drug-likeness (QED) is 0.359. The van der Waals surface area contributed by atoms with Gasteiger partial charge in [0.1, 0.15) is 0 Å². The highest BCUT2D eigenvalue weighted by Crippen LogP contribution is 2.32. The van der Waals surface area contributed by atoms with Crippen LogP contribution in [0.1, 0.15) is 20.7 Å². The largest absolute Gasteiger partial charge is 0.454 e. The van der Waals surface area contributed by atoms with Crippen LogP contribution in [0, 0.1) is 10.1 Å². The normalized spacial score (nSPS) is 11.8. The van der Waals surface area contributed by atoms with Crippen LogP contribution >= 0.6 is 0 Å². The van der Waals surface area contributed by atoms with Crippen LogP contribution in [0.4, 0.5) is 5.69 Å². The first kappa shape index (κ1) is 15.5. The van der Waals surface area contributed by atoms with Crippen molar-refractivity contribution in [1.29, 1.82) is 0 Å².